The number of benzene rings is 1. The molecule has 30 heavy (non-hydrogen) atoms. The lowest BCUT2D eigenvalue weighted by Crippen LogP contribution is -2.41. The number of ether oxygens (including phenoxy) is 1. The molecule has 2 amide bonds. The average molecular weight is 433 g/mol. The number of methoxy groups -OCH3 is 1. The number of aromatic nitrogens is 1. The third kappa shape index (κ3) is 5.51. The van der Waals surface area contributed by atoms with Gasteiger partial charge in [-0.1, -0.05) is 0 Å². The maximum Gasteiger partial charge on any atom is 0.273 e. The van der Waals surface area contributed by atoms with Crippen LogP contribution >= 0.6 is 11.3 Å². The molecule has 0 saturated carbocycles. The van der Waals surface area contributed by atoms with Gasteiger partial charge in [0.25, 0.3) is 5.69 Å². The van der Waals surface area contributed by atoms with Crippen LogP contribution in [0.5, 0.6) is 5.75 Å². The van der Waals surface area contributed by atoms with Crippen LogP contribution in [-0.4, -0.2) is 53.4 Å². The Balaban J connectivity index is 1.48. The molecule has 3 rings (SSSR count). The van der Waals surface area contributed by atoms with Gasteiger partial charge >= 0.3 is 0 Å². The van der Waals surface area contributed by atoms with Gasteiger partial charge in [-0.3, -0.25) is 24.6 Å². The molecule has 0 bridgehead atoms. The van der Waals surface area contributed by atoms with Crippen molar-refractivity contribution in [1.29, 1.82) is 0 Å². The van der Waals surface area contributed by atoms with Gasteiger partial charge < -0.3 is 15.4 Å². The first-order valence-electron chi connectivity index (χ1n) is 9.43. The summed E-state index contributed by atoms with van der Waals surface area (Å²) >= 11 is 1.40. The smallest absolute Gasteiger partial charge is 0.273 e. The van der Waals surface area contributed by atoms with E-state index in [0.29, 0.717) is 36.8 Å². The zero-order valence-electron chi connectivity index (χ0n) is 16.7. The summed E-state index contributed by atoms with van der Waals surface area (Å²) < 4.78 is 5.14. The van der Waals surface area contributed by atoms with Crippen molar-refractivity contribution in [2.45, 2.75) is 19.8 Å². The number of aryl methyl sites for hydroxylation is 1. The largest absolute Gasteiger partial charge is 0.494 e. The van der Waals surface area contributed by atoms with Crippen molar-refractivity contribution in [3.63, 3.8) is 0 Å². The molecule has 10 nitrogen and oxygen atoms in total. The van der Waals surface area contributed by atoms with Crippen molar-refractivity contribution < 1.29 is 19.2 Å². The number of hydrogen-bond donors (Lipinski definition) is 2. The van der Waals surface area contributed by atoms with E-state index >= 15 is 0 Å². The fourth-order valence-electron chi connectivity index (χ4n) is 3.26. The van der Waals surface area contributed by atoms with Crippen LogP contribution in [0.2, 0.25) is 0 Å². The maximum atomic E-state index is 12.4. The molecule has 1 aromatic heterocycles. The Morgan fingerprint density at radius 1 is 1.33 bits per heavy atom. The second kappa shape index (κ2) is 9.63. The van der Waals surface area contributed by atoms with E-state index in [1.807, 2.05) is 17.2 Å². The number of rotatable bonds is 7. The Morgan fingerprint density at radius 3 is 2.67 bits per heavy atom. The number of piperidine rings is 1. The van der Waals surface area contributed by atoms with Crippen molar-refractivity contribution in [3.8, 4) is 5.75 Å². The molecule has 0 spiro atoms. The van der Waals surface area contributed by atoms with Crippen LogP contribution in [0.3, 0.4) is 0 Å². The molecule has 1 fully saturated rings. The Kier molecular flexibility index (Phi) is 6.95. The number of thiazole rings is 1. The van der Waals surface area contributed by atoms with Crippen molar-refractivity contribution in [3.05, 3.63) is 39.4 Å². The van der Waals surface area contributed by atoms with E-state index in [9.17, 15) is 19.7 Å². The Hall–Kier alpha value is -3.05. The Morgan fingerprint density at radius 2 is 2.07 bits per heavy atom. The van der Waals surface area contributed by atoms with Crippen LogP contribution in [-0.2, 0) is 9.59 Å². The summed E-state index contributed by atoms with van der Waals surface area (Å²) in [5, 5.41) is 18.9. The highest BCUT2D eigenvalue weighted by atomic mass is 32.1. The lowest BCUT2D eigenvalue weighted by atomic mass is 9.96. The first-order chi connectivity index (χ1) is 14.4. The number of anilines is 2. The molecule has 0 aliphatic carbocycles. The predicted molar refractivity (Wildman–Crippen MR) is 113 cm³/mol. The standard InChI is InChI=1S/C19H23N5O5S/c1-12-11-30-19(20-12)22-18(26)13-5-7-23(8-6-13)10-17(25)21-15-4-3-14(24(27)28)9-16(15)29-2/h3-4,9,11,13H,5-8,10H2,1-2H3,(H,21,25)(H,20,22,26). The van der Waals surface area contributed by atoms with E-state index in [-0.39, 0.29) is 35.7 Å². The van der Waals surface area contributed by atoms with E-state index in [1.165, 1.54) is 36.6 Å². The van der Waals surface area contributed by atoms with E-state index < -0.39 is 4.92 Å². The SMILES string of the molecule is COc1cc([N+](=O)[O-])ccc1NC(=O)CN1CCC(C(=O)Nc2nc(C)cs2)CC1. The molecule has 1 aliphatic rings. The summed E-state index contributed by atoms with van der Waals surface area (Å²) in [6.45, 7) is 3.29. The van der Waals surface area contributed by atoms with Gasteiger partial charge in [-0.2, -0.15) is 0 Å². The van der Waals surface area contributed by atoms with Crippen molar-refractivity contribution in [2.24, 2.45) is 5.92 Å². The lowest BCUT2D eigenvalue weighted by Gasteiger charge is -2.30. The lowest BCUT2D eigenvalue weighted by molar-refractivity contribution is -0.384. The third-order valence-corrected chi connectivity index (χ3v) is 5.72. The second-order valence-corrected chi connectivity index (χ2v) is 7.88. The number of carbonyl (C=O) groups is 2. The third-order valence-electron chi connectivity index (χ3n) is 4.84. The number of nitro benzene ring substituents is 1. The van der Waals surface area contributed by atoms with Gasteiger partial charge in [0.15, 0.2) is 5.13 Å². The van der Waals surface area contributed by atoms with Crippen LogP contribution in [0.25, 0.3) is 0 Å². The average Bonchev–Trinajstić information content (AvgIpc) is 3.13. The number of carbonyl (C=O) groups excluding carboxylic acids is 2. The normalized spacial score (nSPS) is 14.9. The first kappa shape index (κ1) is 21.7. The van der Waals surface area contributed by atoms with Crippen LogP contribution < -0.4 is 15.4 Å². The molecular formula is C19H23N5O5S. The van der Waals surface area contributed by atoms with Gasteiger partial charge in [-0.05, 0) is 38.9 Å². The summed E-state index contributed by atoms with van der Waals surface area (Å²) in [4.78, 5) is 41.4. The van der Waals surface area contributed by atoms with Gasteiger partial charge in [0.1, 0.15) is 5.75 Å². The molecule has 0 unspecified atom stereocenters. The van der Waals surface area contributed by atoms with Gasteiger partial charge in [0, 0.05) is 17.4 Å². The van der Waals surface area contributed by atoms with E-state index in [2.05, 4.69) is 15.6 Å². The molecule has 0 radical (unpaired) electrons. The Labute approximate surface area is 177 Å². The monoisotopic (exact) mass is 433 g/mol. The number of hydrogen-bond acceptors (Lipinski definition) is 8. The number of nitrogens with zero attached hydrogens (tertiary/aromatic N) is 3. The molecule has 1 aliphatic heterocycles. The molecule has 1 aromatic carbocycles. The molecule has 160 valence electrons. The topological polar surface area (TPSA) is 127 Å². The zero-order chi connectivity index (χ0) is 21.7. The van der Waals surface area contributed by atoms with Crippen molar-refractivity contribution in [1.82, 2.24) is 9.88 Å². The van der Waals surface area contributed by atoms with Gasteiger partial charge in [-0.15, -0.1) is 11.3 Å². The van der Waals surface area contributed by atoms with Gasteiger partial charge in [0.2, 0.25) is 11.8 Å². The molecular weight excluding hydrogens is 410 g/mol. The van der Waals surface area contributed by atoms with Crippen LogP contribution in [0.4, 0.5) is 16.5 Å². The van der Waals surface area contributed by atoms with Crippen molar-refractivity contribution >= 4 is 39.7 Å². The second-order valence-electron chi connectivity index (χ2n) is 7.02. The number of amides is 2. The van der Waals surface area contributed by atoms with E-state index in [4.69, 9.17) is 4.74 Å². The highest BCUT2D eigenvalue weighted by molar-refractivity contribution is 7.13. The number of non-ortho nitro benzene ring substituents is 1. The highest BCUT2D eigenvalue weighted by Gasteiger charge is 2.26. The molecule has 0 atom stereocenters. The zero-order valence-corrected chi connectivity index (χ0v) is 17.5. The number of likely N-dealkylation sites (tertiary alicyclic amines) is 1. The molecule has 1 saturated heterocycles. The first-order valence-corrected chi connectivity index (χ1v) is 10.3. The number of nitrogens with one attached hydrogen (secondary N) is 2. The highest BCUT2D eigenvalue weighted by Crippen LogP contribution is 2.29. The summed E-state index contributed by atoms with van der Waals surface area (Å²) in [6, 6.07) is 4.03. The van der Waals surface area contributed by atoms with Crippen LogP contribution in [0.1, 0.15) is 18.5 Å². The fourth-order valence-corrected chi connectivity index (χ4v) is 3.95. The minimum absolute atomic E-state index is 0.0379. The molecule has 2 N–H and O–H groups in total. The molecule has 2 aromatic rings. The minimum atomic E-state index is -0.524. The van der Waals surface area contributed by atoms with Crippen molar-refractivity contribution in [2.75, 3.05) is 37.4 Å². The van der Waals surface area contributed by atoms with Gasteiger partial charge in [-0.25, -0.2) is 4.98 Å². The predicted octanol–water partition coefficient (Wildman–Crippen LogP) is 2.66. The van der Waals surface area contributed by atoms with E-state index in [1.54, 1.807) is 0 Å². The Bertz CT molecular complexity index is 939. The van der Waals surface area contributed by atoms with Crippen LogP contribution in [0.15, 0.2) is 23.6 Å². The minimum Gasteiger partial charge on any atom is -0.494 e. The molecule has 11 heteroatoms. The fraction of sp³-hybridized carbons (Fsp3) is 0.421. The van der Waals surface area contributed by atoms with Crippen LogP contribution in [0, 0.1) is 23.0 Å². The quantitative estimate of drug-likeness (QED) is 0.508. The van der Waals surface area contributed by atoms with E-state index in [0.717, 1.165) is 5.69 Å². The van der Waals surface area contributed by atoms with Gasteiger partial charge in [0.05, 0.1) is 36.0 Å². The molecule has 2 heterocycles. The summed E-state index contributed by atoms with van der Waals surface area (Å²) in [7, 11) is 1.39. The summed E-state index contributed by atoms with van der Waals surface area (Å²) in [5.41, 5.74) is 1.14. The summed E-state index contributed by atoms with van der Waals surface area (Å²) in [5.74, 6) is -0.166. The number of nitro groups is 1. The maximum absolute atomic E-state index is 12.4. The summed E-state index contributed by atoms with van der Waals surface area (Å²) in [6.07, 6.45) is 1.31.